The number of aromatic nitrogens is 4. The van der Waals surface area contributed by atoms with Crippen molar-refractivity contribution in [2.24, 2.45) is 0 Å². The number of benzene rings is 1. The molecule has 0 aliphatic carbocycles. The van der Waals surface area contributed by atoms with Gasteiger partial charge in [0.1, 0.15) is 5.97 Å². The van der Waals surface area contributed by atoms with Gasteiger partial charge in [0.2, 0.25) is 0 Å². The zero-order valence-corrected chi connectivity index (χ0v) is 7.70. The van der Waals surface area contributed by atoms with Crippen LogP contribution in [0.5, 0.6) is 0 Å². The normalized spacial score (nSPS) is 10.1. The Bertz CT molecular complexity index is 466. The molecule has 0 aliphatic rings. The van der Waals surface area contributed by atoms with Gasteiger partial charge in [0.05, 0.1) is 6.54 Å². The van der Waals surface area contributed by atoms with Gasteiger partial charge >= 0.3 is 0 Å². The van der Waals surface area contributed by atoms with E-state index in [0.29, 0.717) is 6.54 Å². The molecule has 0 radical (unpaired) electrons. The van der Waals surface area contributed by atoms with Gasteiger partial charge in [-0.3, -0.25) is 0 Å². The summed E-state index contributed by atoms with van der Waals surface area (Å²) >= 11 is 0. The van der Waals surface area contributed by atoms with Gasteiger partial charge in [-0.25, -0.2) is 4.68 Å². The van der Waals surface area contributed by atoms with Gasteiger partial charge in [-0.15, -0.1) is 5.10 Å². The Morgan fingerprint density at radius 1 is 1.33 bits per heavy atom. The molecule has 1 heterocycles. The molecule has 76 valence electrons. The molecule has 1 aromatic heterocycles. The Labute approximate surface area is 85.2 Å². The van der Waals surface area contributed by atoms with Gasteiger partial charge in [0.15, 0.2) is 5.82 Å². The second-order valence-electron chi connectivity index (χ2n) is 2.93. The fourth-order valence-electron chi connectivity index (χ4n) is 1.21. The van der Waals surface area contributed by atoms with Crippen LogP contribution in [0.2, 0.25) is 0 Å². The highest BCUT2D eigenvalue weighted by molar-refractivity contribution is 5.80. The average molecular weight is 203 g/mol. The largest absolute Gasteiger partial charge is 0.541 e. The van der Waals surface area contributed by atoms with Gasteiger partial charge in [-0.1, -0.05) is 30.3 Å². The van der Waals surface area contributed by atoms with Gasteiger partial charge in [-0.2, -0.15) is 0 Å². The molecule has 0 saturated heterocycles. The molecule has 0 aliphatic heterocycles. The Morgan fingerprint density at radius 2 is 2.07 bits per heavy atom. The molecule has 6 heteroatoms. The number of rotatable bonds is 3. The predicted molar refractivity (Wildman–Crippen MR) is 47.7 cm³/mol. The molecule has 6 nitrogen and oxygen atoms in total. The SMILES string of the molecule is O=C([O-])c1nnnn1Cc1ccccc1. The third-order valence-electron chi connectivity index (χ3n) is 1.89. The fourth-order valence-corrected chi connectivity index (χ4v) is 1.21. The lowest BCUT2D eigenvalue weighted by Gasteiger charge is -2.04. The van der Waals surface area contributed by atoms with Crippen molar-refractivity contribution in [2.75, 3.05) is 0 Å². The van der Waals surface area contributed by atoms with Crippen LogP contribution in [0.1, 0.15) is 16.2 Å². The summed E-state index contributed by atoms with van der Waals surface area (Å²) in [4.78, 5) is 10.6. The quantitative estimate of drug-likeness (QED) is 0.644. The summed E-state index contributed by atoms with van der Waals surface area (Å²) in [5, 5.41) is 20.8. The van der Waals surface area contributed by atoms with E-state index in [0.717, 1.165) is 5.56 Å². The van der Waals surface area contributed by atoms with Crippen LogP contribution in [0.15, 0.2) is 30.3 Å². The molecule has 1 aromatic carbocycles. The number of carboxylic acids is 1. The first kappa shape index (κ1) is 9.32. The van der Waals surface area contributed by atoms with E-state index < -0.39 is 5.97 Å². The molecule has 0 atom stereocenters. The van der Waals surface area contributed by atoms with E-state index in [9.17, 15) is 9.90 Å². The first-order chi connectivity index (χ1) is 7.27. The van der Waals surface area contributed by atoms with E-state index in [1.165, 1.54) is 4.68 Å². The van der Waals surface area contributed by atoms with Crippen LogP contribution in [0, 0.1) is 0 Å². The number of aromatic carboxylic acids is 1. The topological polar surface area (TPSA) is 83.7 Å². The zero-order valence-electron chi connectivity index (χ0n) is 7.70. The summed E-state index contributed by atoms with van der Waals surface area (Å²) in [7, 11) is 0. The number of tetrazole rings is 1. The summed E-state index contributed by atoms with van der Waals surface area (Å²) < 4.78 is 1.19. The molecule has 0 fully saturated rings. The molecular weight excluding hydrogens is 196 g/mol. The molecule has 2 aromatic rings. The fraction of sp³-hybridized carbons (Fsp3) is 0.111. The molecular formula is C9H7N4O2-. The number of carboxylic acid groups (broad SMARTS) is 1. The molecule has 0 saturated carbocycles. The van der Waals surface area contributed by atoms with Gasteiger partial charge in [0.25, 0.3) is 0 Å². The van der Waals surface area contributed by atoms with Crippen molar-refractivity contribution in [1.82, 2.24) is 20.2 Å². The minimum Gasteiger partial charge on any atom is -0.541 e. The van der Waals surface area contributed by atoms with E-state index in [1.807, 2.05) is 30.3 Å². The van der Waals surface area contributed by atoms with Crippen LogP contribution >= 0.6 is 0 Å². The van der Waals surface area contributed by atoms with Crippen molar-refractivity contribution >= 4 is 5.97 Å². The van der Waals surface area contributed by atoms with Crippen molar-refractivity contribution in [2.45, 2.75) is 6.54 Å². The van der Waals surface area contributed by atoms with Crippen LogP contribution in [0.25, 0.3) is 0 Å². The number of carbonyl (C=O) groups is 1. The Balaban J connectivity index is 2.25. The van der Waals surface area contributed by atoms with Gasteiger partial charge in [0, 0.05) is 0 Å². The van der Waals surface area contributed by atoms with E-state index in [-0.39, 0.29) is 5.82 Å². The van der Waals surface area contributed by atoms with Crippen molar-refractivity contribution in [1.29, 1.82) is 0 Å². The van der Waals surface area contributed by atoms with Crippen LogP contribution in [-0.2, 0) is 6.54 Å². The third-order valence-corrected chi connectivity index (χ3v) is 1.89. The second-order valence-corrected chi connectivity index (χ2v) is 2.93. The average Bonchev–Trinajstić information content (AvgIpc) is 2.67. The number of hydrogen-bond acceptors (Lipinski definition) is 5. The van der Waals surface area contributed by atoms with E-state index in [2.05, 4.69) is 15.5 Å². The maximum Gasteiger partial charge on any atom is 0.198 e. The summed E-state index contributed by atoms with van der Waals surface area (Å²) in [6, 6.07) is 9.32. The van der Waals surface area contributed by atoms with Crippen LogP contribution in [0.3, 0.4) is 0 Å². The van der Waals surface area contributed by atoms with Crippen molar-refractivity contribution in [3.05, 3.63) is 41.7 Å². The smallest absolute Gasteiger partial charge is 0.198 e. The second kappa shape index (κ2) is 3.87. The number of hydrogen-bond donors (Lipinski definition) is 0. The summed E-state index contributed by atoms with van der Waals surface area (Å²) in [6.45, 7) is 0.317. The minimum atomic E-state index is -1.38. The number of carbonyl (C=O) groups excluding carboxylic acids is 1. The van der Waals surface area contributed by atoms with Crippen molar-refractivity contribution < 1.29 is 9.90 Å². The lowest BCUT2D eigenvalue weighted by atomic mass is 10.2. The summed E-state index contributed by atoms with van der Waals surface area (Å²) in [5.74, 6) is -1.64. The van der Waals surface area contributed by atoms with E-state index in [1.54, 1.807) is 0 Å². The Kier molecular flexibility index (Phi) is 2.40. The van der Waals surface area contributed by atoms with Gasteiger partial charge < -0.3 is 9.90 Å². The highest BCUT2D eigenvalue weighted by atomic mass is 16.4. The monoisotopic (exact) mass is 203 g/mol. The summed E-state index contributed by atoms with van der Waals surface area (Å²) in [6.07, 6.45) is 0. The first-order valence-electron chi connectivity index (χ1n) is 4.29. The maximum absolute atomic E-state index is 10.6. The maximum atomic E-state index is 10.6. The Morgan fingerprint density at radius 3 is 2.73 bits per heavy atom. The van der Waals surface area contributed by atoms with E-state index in [4.69, 9.17) is 0 Å². The lowest BCUT2D eigenvalue weighted by molar-refractivity contribution is -0.256. The molecule has 0 amide bonds. The van der Waals surface area contributed by atoms with E-state index >= 15 is 0 Å². The zero-order chi connectivity index (χ0) is 10.7. The molecule has 15 heavy (non-hydrogen) atoms. The Hall–Kier alpha value is -2.24. The molecule has 0 N–H and O–H groups in total. The molecule has 2 rings (SSSR count). The minimum absolute atomic E-state index is 0.265. The molecule has 0 spiro atoms. The predicted octanol–water partition coefficient (Wildman–Crippen LogP) is -0.915. The highest BCUT2D eigenvalue weighted by Gasteiger charge is 2.06. The third kappa shape index (κ3) is 1.98. The molecule has 0 bridgehead atoms. The van der Waals surface area contributed by atoms with Crippen LogP contribution in [0.4, 0.5) is 0 Å². The molecule has 0 unspecified atom stereocenters. The lowest BCUT2D eigenvalue weighted by Crippen LogP contribution is -2.27. The van der Waals surface area contributed by atoms with Crippen molar-refractivity contribution in [3.63, 3.8) is 0 Å². The summed E-state index contributed by atoms with van der Waals surface area (Å²) in [5.41, 5.74) is 0.923. The van der Waals surface area contributed by atoms with Crippen LogP contribution < -0.4 is 5.11 Å². The highest BCUT2D eigenvalue weighted by Crippen LogP contribution is 2.01. The standard InChI is InChI=1S/C9H8N4O2/c14-9(15)8-10-11-12-13(8)6-7-4-2-1-3-5-7/h1-5H,6H2,(H,14,15)/p-1. The van der Waals surface area contributed by atoms with Gasteiger partial charge in [-0.05, 0) is 16.0 Å². The van der Waals surface area contributed by atoms with Crippen LogP contribution in [-0.4, -0.2) is 26.2 Å². The van der Waals surface area contributed by atoms with Crippen molar-refractivity contribution in [3.8, 4) is 0 Å². The first-order valence-corrected chi connectivity index (χ1v) is 4.29. The number of nitrogens with zero attached hydrogens (tertiary/aromatic N) is 4.